The zero-order valence-corrected chi connectivity index (χ0v) is 23.5. The van der Waals surface area contributed by atoms with Gasteiger partial charge in [0.05, 0.1) is 0 Å². The third-order valence-corrected chi connectivity index (χ3v) is 8.82. The van der Waals surface area contributed by atoms with Crippen molar-refractivity contribution in [2.24, 2.45) is 0 Å². The van der Waals surface area contributed by atoms with Crippen molar-refractivity contribution in [2.45, 2.75) is 0 Å². The predicted molar refractivity (Wildman–Crippen MR) is 173 cm³/mol. The maximum atomic E-state index is 3.54. The molecule has 7 aromatic rings. The SMILES string of the molecule is Brc1ccc(-c2ccc(N(c3ccc(-c4ccccc4)cc3)c3ccc4c(c3)sc3ccccc34)cc2)cc1. The van der Waals surface area contributed by atoms with Crippen LogP contribution in [0.25, 0.3) is 42.4 Å². The van der Waals surface area contributed by atoms with E-state index >= 15 is 0 Å². The highest BCUT2D eigenvalue weighted by Crippen LogP contribution is 2.41. The van der Waals surface area contributed by atoms with Gasteiger partial charge in [-0.2, -0.15) is 0 Å². The summed E-state index contributed by atoms with van der Waals surface area (Å²) in [7, 11) is 0. The van der Waals surface area contributed by atoms with Gasteiger partial charge in [-0.05, 0) is 76.9 Å². The summed E-state index contributed by atoms with van der Waals surface area (Å²) in [5.41, 5.74) is 8.25. The molecule has 0 N–H and O–H groups in total. The van der Waals surface area contributed by atoms with E-state index in [1.165, 1.54) is 42.4 Å². The van der Waals surface area contributed by atoms with Gasteiger partial charge >= 0.3 is 0 Å². The number of hydrogen-bond acceptors (Lipinski definition) is 2. The summed E-state index contributed by atoms with van der Waals surface area (Å²) in [5.74, 6) is 0. The van der Waals surface area contributed by atoms with Crippen LogP contribution < -0.4 is 4.90 Å². The van der Waals surface area contributed by atoms with Crippen LogP contribution in [0.3, 0.4) is 0 Å². The van der Waals surface area contributed by atoms with Crippen LogP contribution >= 0.6 is 27.3 Å². The summed E-state index contributed by atoms with van der Waals surface area (Å²) < 4.78 is 3.71. The molecule has 0 atom stereocenters. The normalized spacial score (nSPS) is 11.2. The number of benzene rings is 6. The lowest BCUT2D eigenvalue weighted by atomic mass is 10.0. The van der Waals surface area contributed by atoms with Crippen molar-refractivity contribution < 1.29 is 0 Å². The van der Waals surface area contributed by atoms with Gasteiger partial charge in [-0.3, -0.25) is 0 Å². The fourth-order valence-electron chi connectivity index (χ4n) is 5.18. The minimum atomic E-state index is 1.09. The van der Waals surface area contributed by atoms with Crippen LogP contribution in [0, 0.1) is 0 Å². The predicted octanol–water partition coefficient (Wildman–Crippen LogP) is 11.6. The second-order valence-corrected chi connectivity index (χ2v) is 11.6. The topological polar surface area (TPSA) is 3.24 Å². The highest BCUT2D eigenvalue weighted by Gasteiger charge is 2.15. The highest BCUT2D eigenvalue weighted by atomic mass is 79.9. The average molecular weight is 583 g/mol. The van der Waals surface area contributed by atoms with Crippen molar-refractivity contribution in [2.75, 3.05) is 4.90 Å². The van der Waals surface area contributed by atoms with Crippen LogP contribution in [0.2, 0.25) is 0 Å². The fourth-order valence-corrected chi connectivity index (χ4v) is 6.58. The Morgan fingerprint density at radius 1 is 0.410 bits per heavy atom. The van der Waals surface area contributed by atoms with Gasteiger partial charge in [0.15, 0.2) is 0 Å². The Labute approximate surface area is 240 Å². The van der Waals surface area contributed by atoms with Crippen molar-refractivity contribution in [1.29, 1.82) is 0 Å². The summed E-state index contributed by atoms with van der Waals surface area (Å²) >= 11 is 5.40. The summed E-state index contributed by atoms with van der Waals surface area (Å²) in [4.78, 5) is 2.35. The van der Waals surface area contributed by atoms with Crippen LogP contribution in [0.4, 0.5) is 17.1 Å². The summed E-state index contributed by atoms with van der Waals surface area (Å²) in [6, 6.07) is 52.2. The zero-order chi connectivity index (χ0) is 26.2. The third kappa shape index (κ3) is 4.65. The largest absolute Gasteiger partial charge is 0.310 e. The maximum absolute atomic E-state index is 3.54. The second-order valence-electron chi connectivity index (χ2n) is 9.58. The van der Waals surface area contributed by atoms with E-state index in [-0.39, 0.29) is 0 Å². The summed E-state index contributed by atoms with van der Waals surface area (Å²) in [5, 5.41) is 2.63. The molecule has 39 heavy (non-hydrogen) atoms. The van der Waals surface area contributed by atoms with Gasteiger partial charge < -0.3 is 4.90 Å². The number of nitrogens with zero attached hydrogens (tertiary/aromatic N) is 1. The Morgan fingerprint density at radius 2 is 0.897 bits per heavy atom. The molecule has 0 amide bonds. The van der Waals surface area contributed by atoms with Crippen molar-refractivity contribution in [3.8, 4) is 22.3 Å². The van der Waals surface area contributed by atoms with Gasteiger partial charge in [-0.25, -0.2) is 0 Å². The Hall–Kier alpha value is -4.18. The summed E-state index contributed by atoms with van der Waals surface area (Å²) in [6.45, 7) is 0. The molecule has 1 heterocycles. The standard InChI is InChI=1S/C36H24BrNS/c37-29-16-10-26(11-17-29)28-14-20-31(21-15-28)38(30-18-12-27(13-19-30)25-6-2-1-3-7-25)32-22-23-34-33-8-4-5-9-35(33)39-36(34)24-32/h1-24H. The Kier molecular flexibility index (Phi) is 6.24. The van der Waals surface area contributed by atoms with Crippen molar-refractivity contribution in [1.82, 2.24) is 0 Å². The number of fused-ring (bicyclic) bond motifs is 3. The number of anilines is 3. The molecule has 186 valence electrons. The van der Waals surface area contributed by atoms with Crippen molar-refractivity contribution >= 4 is 64.5 Å². The number of hydrogen-bond donors (Lipinski definition) is 0. The fraction of sp³-hybridized carbons (Fsp3) is 0. The van der Waals surface area contributed by atoms with Crippen molar-refractivity contribution in [3.63, 3.8) is 0 Å². The molecule has 1 nitrogen and oxygen atoms in total. The molecule has 0 fully saturated rings. The lowest BCUT2D eigenvalue weighted by Crippen LogP contribution is -2.09. The Morgan fingerprint density at radius 3 is 1.54 bits per heavy atom. The first kappa shape index (κ1) is 23.9. The lowest BCUT2D eigenvalue weighted by Gasteiger charge is -2.26. The number of thiophene rings is 1. The quantitative estimate of drug-likeness (QED) is 0.195. The van der Waals surface area contributed by atoms with E-state index in [2.05, 4.69) is 166 Å². The Bertz CT molecular complexity index is 1890. The maximum Gasteiger partial charge on any atom is 0.0476 e. The molecule has 7 rings (SSSR count). The van der Waals surface area contributed by atoms with E-state index in [0.29, 0.717) is 0 Å². The first-order valence-electron chi connectivity index (χ1n) is 13.0. The van der Waals surface area contributed by atoms with E-state index < -0.39 is 0 Å². The molecule has 0 aliphatic rings. The molecular weight excluding hydrogens is 558 g/mol. The van der Waals surface area contributed by atoms with E-state index in [1.54, 1.807) is 0 Å². The van der Waals surface area contributed by atoms with Crippen LogP contribution in [-0.2, 0) is 0 Å². The van der Waals surface area contributed by atoms with Crippen LogP contribution in [0.1, 0.15) is 0 Å². The highest BCUT2D eigenvalue weighted by molar-refractivity contribution is 9.10. The van der Waals surface area contributed by atoms with Gasteiger partial charge in [0.1, 0.15) is 0 Å². The third-order valence-electron chi connectivity index (χ3n) is 7.16. The van der Waals surface area contributed by atoms with Gasteiger partial charge in [-0.15, -0.1) is 11.3 Å². The number of halogens is 1. The van der Waals surface area contributed by atoms with Gasteiger partial charge in [-0.1, -0.05) is 107 Å². The minimum Gasteiger partial charge on any atom is -0.310 e. The summed E-state index contributed by atoms with van der Waals surface area (Å²) in [6.07, 6.45) is 0. The van der Waals surface area contributed by atoms with Gasteiger partial charge in [0, 0.05) is 41.7 Å². The molecule has 0 aliphatic heterocycles. The molecule has 6 aromatic carbocycles. The number of rotatable bonds is 5. The second kappa shape index (κ2) is 10.2. The molecule has 0 radical (unpaired) electrons. The molecule has 1 aromatic heterocycles. The Balaban J connectivity index is 1.33. The average Bonchev–Trinajstić information content (AvgIpc) is 3.37. The van der Waals surface area contributed by atoms with Crippen LogP contribution in [-0.4, -0.2) is 0 Å². The van der Waals surface area contributed by atoms with E-state index in [9.17, 15) is 0 Å². The monoisotopic (exact) mass is 581 g/mol. The molecular formula is C36H24BrNS. The van der Waals surface area contributed by atoms with E-state index in [4.69, 9.17) is 0 Å². The van der Waals surface area contributed by atoms with E-state index in [1.807, 2.05) is 11.3 Å². The molecule has 0 saturated heterocycles. The van der Waals surface area contributed by atoms with Gasteiger partial charge in [0.25, 0.3) is 0 Å². The zero-order valence-electron chi connectivity index (χ0n) is 21.1. The van der Waals surface area contributed by atoms with Crippen LogP contribution in [0.15, 0.2) is 150 Å². The first-order chi connectivity index (χ1) is 19.2. The minimum absolute atomic E-state index is 1.09. The molecule has 0 bridgehead atoms. The van der Waals surface area contributed by atoms with Crippen LogP contribution in [0.5, 0.6) is 0 Å². The van der Waals surface area contributed by atoms with Crippen molar-refractivity contribution in [3.05, 3.63) is 150 Å². The smallest absolute Gasteiger partial charge is 0.0476 e. The van der Waals surface area contributed by atoms with Gasteiger partial charge in [0.2, 0.25) is 0 Å². The first-order valence-corrected chi connectivity index (χ1v) is 14.6. The molecule has 3 heteroatoms. The molecule has 0 saturated carbocycles. The van der Waals surface area contributed by atoms with E-state index in [0.717, 1.165) is 21.5 Å². The lowest BCUT2D eigenvalue weighted by molar-refractivity contribution is 1.29. The molecule has 0 spiro atoms. The molecule has 0 aliphatic carbocycles. The molecule has 0 unspecified atom stereocenters.